The summed E-state index contributed by atoms with van der Waals surface area (Å²) in [5, 5.41) is 5.21. The third kappa shape index (κ3) is 5.77. The zero-order valence-corrected chi connectivity index (χ0v) is 19.8. The van der Waals surface area contributed by atoms with Crippen molar-refractivity contribution < 1.29 is 14.4 Å². The van der Waals surface area contributed by atoms with Gasteiger partial charge < -0.3 is 10.2 Å². The number of hydrogen-bond acceptors (Lipinski definition) is 5. The molecule has 8 heteroatoms. The molecule has 0 atom stereocenters. The van der Waals surface area contributed by atoms with Gasteiger partial charge in [0, 0.05) is 43.6 Å². The van der Waals surface area contributed by atoms with E-state index in [0.717, 1.165) is 36.3 Å². The fourth-order valence-corrected chi connectivity index (χ4v) is 4.64. The zero-order chi connectivity index (χ0) is 23.9. The first-order chi connectivity index (χ1) is 16.5. The summed E-state index contributed by atoms with van der Waals surface area (Å²) in [5.41, 5.74) is 3.14. The first kappa shape index (κ1) is 23.4. The second-order valence-corrected chi connectivity index (χ2v) is 8.80. The number of para-hydroxylation sites is 1. The van der Waals surface area contributed by atoms with E-state index in [1.165, 1.54) is 24.3 Å². The molecule has 1 aromatic heterocycles. The monoisotopic (exact) mass is 474 g/mol. The number of anilines is 3. The maximum absolute atomic E-state index is 12.3. The molecule has 1 saturated heterocycles. The minimum atomic E-state index is -0.250. The second kappa shape index (κ2) is 10.9. The van der Waals surface area contributed by atoms with Gasteiger partial charge in [-0.1, -0.05) is 30.3 Å². The van der Waals surface area contributed by atoms with Crippen molar-refractivity contribution in [3.8, 4) is 0 Å². The van der Waals surface area contributed by atoms with Crippen LogP contribution in [0.25, 0.3) is 6.08 Å². The summed E-state index contributed by atoms with van der Waals surface area (Å²) in [4.78, 5) is 44.5. The van der Waals surface area contributed by atoms with Gasteiger partial charge >= 0.3 is 0 Å². The van der Waals surface area contributed by atoms with E-state index in [9.17, 15) is 14.4 Å². The molecule has 34 heavy (non-hydrogen) atoms. The van der Waals surface area contributed by atoms with Crippen molar-refractivity contribution in [2.45, 2.75) is 32.7 Å². The van der Waals surface area contributed by atoms with Crippen LogP contribution in [0.2, 0.25) is 0 Å². The Balaban J connectivity index is 1.36. The highest BCUT2D eigenvalue weighted by Crippen LogP contribution is 2.29. The standard InChI is InChI=1S/C26H26N4O3S/c1-19(31)30(22-9-3-2-4-10-22)26-28-21(18-34-26)13-14-24(32)27-17-20-8-7-11-23(16-20)29-15-6-5-12-25(29)33/h2-4,7-11,13-14,16,18H,5-6,12,15,17H2,1H3,(H,27,32)/b14-13+. The van der Waals surface area contributed by atoms with Crippen molar-refractivity contribution in [3.63, 3.8) is 0 Å². The van der Waals surface area contributed by atoms with E-state index in [1.54, 1.807) is 16.4 Å². The average Bonchev–Trinajstić information content (AvgIpc) is 3.31. The lowest BCUT2D eigenvalue weighted by Crippen LogP contribution is -2.35. The lowest BCUT2D eigenvalue weighted by atomic mass is 10.1. The van der Waals surface area contributed by atoms with Crippen LogP contribution in [0.1, 0.15) is 37.4 Å². The SMILES string of the molecule is CC(=O)N(c1ccccc1)c1nc(/C=C/C(=O)NCc2cccc(N3CCCCC3=O)c2)cs1. The normalized spacial score (nSPS) is 13.8. The molecule has 0 saturated carbocycles. The van der Waals surface area contributed by atoms with E-state index >= 15 is 0 Å². The van der Waals surface area contributed by atoms with Gasteiger partial charge in [-0.25, -0.2) is 4.98 Å². The maximum Gasteiger partial charge on any atom is 0.244 e. The number of thiazole rings is 1. The van der Waals surface area contributed by atoms with Gasteiger partial charge in [-0.05, 0) is 48.7 Å². The summed E-state index contributed by atoms with van der Waals surface area (Å²) in [7, 11) is 0. The van der Waals surface area contributed by atoms with Gasteiger partial charge in [0.25, 0.3) is 0 Å². The van der Waals surface area contributed by atoms with Gasteiger partial charge in [0.2, 0.25) is 17.7 Å². The van der Waals surface area contributed by atoms with E-state index in [4.69, 9.17) is 0 Å². The number of carbonyl (C=O) groups excluding carboxylic acids is 3. The molecule has 0 bridgehead atoms. The predicted octanol–water partition coefficient (Wildman–Crippen LogP) is 4.67. The number of hydrogen-bond donors (Lipinski definition) is 1. The summed E-state index contributed by atoms with van der Waals surface area (Å²) >= 11 is 1.34. The minimum absolute atomic E-state index is 0.137. The molecule has 1 fully saturated rings. The van der Waals surface area contributed by atoms with Gasteiger partial charge in [-0.2, -0.15) is 0 Å². The number of amides is 3. The van der Waals surface area contributed by atoms with Crippen LogP contribution in [-0.2, 0) is 20.9 Å². The first-order valence-electron chi connectivity index (χ1n) is 11.2. The van der Waals surface area contributed by atoms with Crippen molar-refractivity contribution in [1.82, 2.24) is 10.3 Å². The summed E-state index contributed by atoms with van der Waals surface area (Å²) in [6.45, 7) is 2.58. The molecule has 0 radical (unpaired) electrons. The van der Waals surface area contributed by atoms with Crippen LogP contribution in [0.15, 0.2) is 66.1 Å². The van der Waals surface area contributed by atoms with Gasteiger partial charge in [0.05, 0.1) is 11.4 Å². The summed E-state index contributed by atoms with van der Waals surface area (Å²) < 4.78 is 0. The number of benzene rings is 2. The van der Waals surface area contributed by atoms with Crippen LogP contribution in [0.4, 0.5) is 16.5 Å². The molecule has 0 spiro atoms. The Morgan fingerprint density at radius 1 is 1.15 bits per heavy atom. The lowest BCUT2D eigenvalue weighted by Gasteiger charge is -2.27. The quantitative estimate of drug-likeness (QED) is 0.505. The molecule has 4 rings (SSSR count). The largest absolute Gasteiger partial charge is 0.348 e. The number of carbonyl (C=O) groups is 3. The van der Waals surface area contributed by atoms with E-state index in [0.29, 0.717) is 23.8 Å². The highest BCUT2D eigenvalue weighted by molar-refractivity contribution is 7.14. The fourth-order valence-electron chi connectivity index (χ4n) is 3.78. The molecule has 0 aliphatic carbocycles. The van der Waals surface area contributed by atoms with Crippen LogP contribution in [0.5, 0.6) is 0 Å². The number of nitrogens with zero attached hydrogens (tertiary/aromatic N) is 3. The molecule has 7 nitrogen and oxygen atoms in total. The third-order valence-electron chi connectivity index (χ3n) is 5.45. The van der Waals surface area contributed by atoms with E-state index in [-0.39, 0.29) is 17.7 Å². The van der Waals surface area contributed by atoms with E-state index < -0.39 is 0 Å². The lowest BCUT2D eigenvalue weighted by molar-refractivity contribution is -0.119. The van der Waals surface area contributed by atoms with Crippen LogP contribution in [0.3, 0.4) is 0 Å². The fraction of sp³-hybridized carbons (Fsp3) is 0.231. The summed E-state index contributed by atoms with van der Waals surface area (Å²) in [5.74, 6) is -0.239. The van der Waals surface area contributed by atoms with Crippen molar-refractivity contribution in [2.75, 3.05) is 16.3 Å². The van der Waals surface area contributed by atoms with Crippen LogP contribution >= 0.6 is 11.3 Å². The molecule has 1 aliphatic rings. The summed E-state index contributed by atoms with van der Waals surface area (Å²) in [6, 6.07) is 17.0. The number of nitrogens with one attached hydrogen (secondary N) is 1. The Morgan fingerprint density at radius 2 is 1.97 bits per heavy atom. The van der Waals surface area contributed by atoms with E-state index in [1.807, 2.05) is 59.5 Å². The zero-order valence-electron chi connectivity index (χ0n) is 18.9. The molecule has 3 amide bonds. The topological polar surface area (TPSA) is 82.6 Å². The van der Waals surface area contributed by atoms with Gasteiger partial charge in [-0.15, -0.1) is 11.3 Å². The van der Waals surface area contributed by atoms with Crippen LogP contribution in [-0.4, -0.2) is 29.3 Å². The van der Waals surface area contributed by atoms with Crippen LogP contribution in [0, 0.1) is 0 Å². The minimum Gasteiger partial charge on any atom is -0.348 e. The maximum atomic E-state index is 12.3. The number of rotatable bonds is 7. The molecule has 2 aromatic carbocycles. The number of piperidine rings is 1. The summed E-state index contributed by atoms with van der Waals surface area (Å²) in [6.07, 6.45) is 5.58. The predicted molar refractivity (Wildman–Crippen MR) is 135 cm³/mol. The number of aromatic nitrogens is 1. The Kier molecular flexibility index (Phi) is 7.49. The van der Waals surface area contributed by atoms with Crippen LogP contribution < -0.4 is 15.1 Å². The first-order valence-corrected chi connectivity index (χ1v) is 12.1. The molecule has 174 valence electrons. The van der Waals surface area contributed by atoms with Crippen molar-refractivity contribution in [3.05, 3.63) is 77.3 Å². The molecule has 1 N–H and O–H groups in total. The van der Waals surface area contributed by atoms with Crippen molar-refractivity contribution >= 4 is 51.6 Å². The van der Waals surface area contributed by atoms with Crippen molar-refractivity contribution in [2.24, 2.45) is 0 Å². The molecular weight excluding hydrogens is 448 g/mol. The molecule has 1 aliphatic heterocycles. The highest BCUT2D eigenvalue weighted by atomic mass is 32.1. The highest BCUT2D eigenvalue weighted by Gasteiger charge is 2.20. The Bertz CT molecular complexity index is 1210. The van der Waals surface area contributed by atoms with Gasteiger partial charge in [-0.3, -0.25) is 19.3 Å². The average molecular weight is 475 g/mol. The Hall–Kier alpha value is -3.78. The molecule has 2 heterocycles. The third-order valence-corrected chi connectivity index (χ3v) is 6.29. The molecule has 3 aromatic rings. The molecule has 0 unspecified atom stereocenters. The van der Waals surface area contributed by atoms with Gasteiger partial charge in [0.15, 0.2) is 5.13 Å². The molecular formula is C26H26N4O3S. The van der Waals surface area contributed by atoms with E-state index in [2.05, 4.69) is 10.3 Å². The Labute approximate surface area is 202 Å². The van der Waals surface area contributed by atoms with Gasteiger partial charge in [0.1, 0.15) is 0 Å². The smallest absolute Gasteiger partial charge is 0.244 e. The second-order valence-electron chi connectivity index (χ2n) is 7.97. The van der Waals surface area contributed by atoms with Crippen molar-refractivity contribution in [1.29, 1.82) is 0 Å². The Morgan fingerprint density at radius 3 is 2.74 bits per heavy atom.